The van der Waals surface area contributed by atoms with Gasteiger partial charge in [0.2, 0.25) is 11.6 Å². The first-order chi connectivity index (χ1) is 12.6. The average molecular weight is 344 g/mol. The maximum Gasteiger partial charge on any atom is 0.233 e. The van der Waals surface area contributed by atoms with Crippen LogP contribution in [0.4, 0.5) is 0 Å². The number of hydrogen-bond acceptors (Lipinski definition) is 5. The molecular weight excluding hydrogens is 332 g/mol. The highest BCUT2D eigenvalue weighted by Gasteiger charge is 2.19. The second-order valence-electron chi connectivity index (χ2n) is 5.78. The summed E-state index contributed by atoms with van der Waals surface area (Å²) in [6, 6.07) is 18.6. The Morgan fingerprint density at radius 3 is 1.00 bits per heavy atom. The van der Waals surface area contributed by atoms with Crippen LogP contribution in [0.1, 0.15) is 36.6 Å². The molecule has 0 atom stereocenters. The minimum atomic E-state index is -0.637. The zero-order valence-corrected chi connectivity index (χ0v) is 13.5. The average Bonchev–Trinajstić information content (AvgIpc) is 2.71. The second kappa shape index (κ2) is 6.29. The van der Waals surface area contributed by atoms with Crippen LogP contribution in [-0.2, 0) is 0 Å². The Bertz CT molecular complexity index is 1000. The fourth-order valence-electron chi connectivity index (χ4n) is 2.62. The van der Waals surface area contributed by atoms with Gasteiger partial charge in [-0.3, -0.25) is 24.2 Å². The van der Waals surface area contributed by atoms with Crippen LogP contribution in [0.2, 0.25) is 0 Å². The number of rotatable bonds is 0. The zero-order chi connectivity index (χ0) is 18.1. The molecule has 0 spiro atoms. The van der Waals surface area contributed by atoms with Crippen molar-refractivity contribution in [2.45, 2.75) is 0 Å². The van der Waals surface area contributed by atoms with Crippen molar-refractivity contribution in [3.05, 3.63) is 95.1 Å². The molecule has 0 N–H and O–H groups in total. The lowest BCUT2D eigenvalue weighted by molar-refractivity contribution is -0.0999. The predicted molar refractivity (Wildman–Crippen MR) is 92.7 cm³/mol. The molecule has 0 fully saturated rings. The molecule has 4 aliphatic heterocycles. The standard InChI is InChI=1S/C21H12O5/c22-19-13-1-3-15(4-2-13)20(23)21(24)16-7-11-18(12-8-16)26-25-17-9-5-14(19)6-10-17/h1-12H. The van der Waals surface area contributed by atoms with E-state index in [9.17, 15) is 14.4 Å². The summed E-state index contributed by atoms with van der Waals surface area (Å²) in [6.45, 7) is 0. The van der Waals surface area contributed by atoms with Gasteiger partial charge < -0.3 is 0 Å². The van der Waals surface area contributed by atoms with Crippen LogP contribution in [-0.4, -0.2) is 17.3 Å². The molecule has 7 rings (SSSR count). The Morgan fingerprint density at radius 2 is 0.654 bits per heavy atom. The van der Waals surface area contributed by atoms with Crippen LogP contribution in [0.5, 0.6) is 11.5 Å². The van der Waals surface area contributed by atoms with Crippen LogP contribution in [0.25, 0.3) is 0 Å². The summed E-state index contributed by atoms with van der Waals surface area (Å²) in [5, 5.41) is 0. The van der Waals surface area contributed by atoms with Crippen molar-refractivity contribution in [2.24, 2.45) is 0 Å². The molecule has 0 saturated heterocycles. The second-order valence-corrected chi connectivity index (χ2v) is 5.78. The van der Waals surface area contributed by atoms with Crippen molar-refractivity contribution in [3.63, 3.8) is 0 Å². The van der Waals surface area contributed by atoms with E-state index in [1.165, 1.54) is 36.4 Å². The van der Waals surface area contributed by atoms with Gasteiger partial charge in [0.25, 0.3) is 0 Å². The van der Waals surface area contributed by atoms with E-state index in [2.05, 4.69) is 0 Å². The van der Waals surface area contributed by atoms with Crippen LogP contribution < -0.4 is 9.78 Å². The van der Waals surface area contributed by atoms with Gasteiger partial charge in [-0.1, -0.05) is 24.3 Å². The van der Waals surface area contributed by atoms with Crippen LogP contribution in [0.3, 0.4) is 0 Å². The molecular formula is C21H12O5. The number of ketones is 3. The Balaban J connectivity index is 1.81. The number of Topliss-reactive ketones (excluding diaryl/α,β-unsaturated/α-hetero) is 2. The Hall–Kier alpha value is -3.73. The molecule has 26 heavy (non-hydrogen) atoms. The summed E-state index contributed by atoms with van der Waals surface area (Å²) in [5.41, 5.74) is 1.37. The number of benzene rings is 3. The third kappa shape index (κ3) is 2.86. The highest BCUT2D eigenvalue weighted by molar-refractivity contribution is 6.49. The summed E-state index contributed by atoms with van der Waals surface area (Å²) in [7, 11) is 0. The van der Waals surface area contributed by atoms with Crippen molar-refractivity contribution in [3.8, 4) is 11.5 Å². The predicted octanol–water partition coefficient (Wildman–Crippen LogP) is 3.67. The maximum absolute atomic E-state index is 12.5. The van der Waals surface area contributed by atoms with Crippen LogP contribution in [0, 0.1) is 0 Å². The maximum atomic E-state index is 12.5. The first-order valence-electron chi connectivity index (χ1n) is 7.90. The monoisotopic (exact) mass is 344 g/mol. The third-order valence-corrected chi connectivity index (χ3v) is 4.08. The van der Waals surface area contributed by atoms with Crippen molar-refractivity contribution in [1.82, 2.24) is 0 Å². The van der Waals surface area contributed by atoms with Gasteiger partial charge in [-0.2, -0.15) is 0 Å². The smallest absolute Gasteiger partial charge is 0.233 e. The van der Waals surface area contributed by atoms with Gasteiger partial charge in [0, 0.05) is 22.3 Å². The topological polar surface area (TPSA) is 69.7 Å². The molecule has 5 heteroatoms. The largest absolute Gasteiger partial charge is 0.290 e. The number of carbonyl (C=O) groups excluding carboxylic acids is 3. The number of hydrogen-bond donors (Lipinski definition) is 0. The summed E-state index contributed by atoms with van der Waals surface area (Å²) in [4.78, 5) is 47.6. The summed E-state index contributed by atoms with van der Waals surface area (Å²) >= 11 is 0. The lowest BCUT2D eigenvalue weighted by Crippen LogP contribution is -2.14. The van der Waals surface area contributed by atoms with E-state index < -0.39 is 11.6 Å². The molecule has 0 amide bonds. The molecule has 4 aliphatic rings. The minimum absolute atomic E-state index is 0.195. The SMILES string of the molecule is O=C1C(=O)c2ccc(cc2)C(=O)c2ccc(cc2)OOc2ccc1cc2. The summed E-state index contributed by atoms with van der Waals surface area (Å²) < 4.78 is 0. The van der Waals surface area contributed by atoms with E-state index in [-0.39, 0.29) is 16.9 Å². The first kappa shape index (κ1) is 15.8. The van der Waals surface area contributed by atoms with E-state index in [0.29, 0.717) is 22.6 Å². The van der Waals surface area contributed by atoms with E-state index in [1.54, 1.807) is 36.4 Å². The molecule has 0 aliphatic carbocycles. The molecule has 0 saturated carbocycles. The highest BCUT2D eigenvalue weighted by atomic mass is 17.2. The normalized spacial score (nSPS) is 13.5. The molecule has 0 unspecified atom stereocenters. The van der Waals surface area contributed by atoms with Gasteiger partial charge >= 0.3 is 0 Å². The van der Waals surface area contributed by atoms with Gasteiger partial charge in [-0.25, -0.2) is 0 Å². The van der Waals surface area contributed by atoms with Crippen molar-refractivity contribution >= 4 is 17.3 Å². The van der Waals surface area contributed by atoms with E-state index in [1.807, 2.05) is 0 Å². The van der Waals surface area contributed by atoms with E-state index in [4.69, 9.17) is 9.78 Å². The summed E-state index contributed by atoms with van der Waals surface area (Å²) in [5.74, 6) is -0.659. The van der Waals surface area contributed by atoms with Crippen LogP contribution >= 0.6 is 0 Å². The molecule has 0 radical (unpaired) electrons. The molecule has 4 heterocycles. The fourth-order valence-corrected chi connectivity index (χ4v) is 2.62. The van der Waals surface area contributed by atoms with Gasteiger partial charge in [-0.15, -0.1) is 0 Å². The summed E-state index contributed by atoms with van der Waals surface area (Å²) in [6.07, 6.45) is 0. The van der Waals surface area contributed by atoms with E-state index >= 15 is 0 Å². The van der Waals surface area contributed by atoms with Crippen molar-refractivity contribution < 1.29 is 24.2 Å². The van der Waals surface area contributed by atoms with Crippen molar-refractivity contribution in [2.75, 3.05) is 0 Å². The van der Waals surface area contributed by atoms with E-state index in [0.717, 1.165) is 0 Å². The number of carbonyl (C=O) groups is 3. The lowest BCUT2D eigenvalue weighted by atomic mass is 9.98. The van der Waals surface area contributed by atoms with Gasteiger partial charge in [-0.05, 0) is 48.5 Å². The molecule has 5 nitrogen and oxygen atoms in total. The molecule has 126 valence electrons. The van der Waals surface area contributed by atoms with Crippen LogP contribution in [0.15, 0.2) is 72.8 Å². The molecule has 6 bridgehead atoms. The Labute approximate surface area is 148 Å². The highest BCUT2D eigenvalue weighted by Crippen LogP contribution is 2.20. The first-order valence-corrected chi connectivity index (χ1v) is 7.90. The zero-order valence-electron chi connectivity index (χ0n) is 13.5. The minimum Gasteiger partial charge on any atom is -0.290 e. The molecule has 0 aromatic heterocycles. The molecule has 3 aromatic carbocycles. The molecule has 3 aromatic rings. The Kier molecular flexibility index (Phi) is 3.82. The van der Waals surface area contributed by atoms with Gasteiger partial charge in [0.05, 0.1) is 0 Å². The van der Waals surface area contributed by atoms with Gasteiger partial charge in [0.1, 0.15) is 0 Å². The Morgan fingerprint density at radius 1 is 0.385 bits per heavy atom. The van der Waals surface area contributed by atoms with Crippen molar-refractivity contribution in [1.29, 1.82) is 0 Å². The number of fused-ring (bicyclic) bond motifs is 3. The fraction of sp³-hybridized carbons (Fsp3) is 0. The van der Waals surface area contributed by atoms with Gasteiger partial charge in [0.15, 0.2) is 17.3 Å². The lowest BCUT2D eigenvalue weighted by Gasteiger charge is -2.06. The quantitative estimate of drug-likeness (QED) is 0.460. The third-order valence-electron chi connectivity index (χ3n) is 4.08.